The standard InChI is InChI=1S/C15H10ClFO4/c16-11-2-1-3-12(17)10(11)7-19-15(18)9-4-5-13-14(6-9)21-8-20-13/h1-6H,7-8H2. The summed E-state index contributed by atoms with van der Waals surface area (Å²) >= 11 is 5.87. The van der Waals surface area contributed by atoms with Gasteiger partial charge in [-0.3, -0.25) is 0 Å². The Balaban J connectivity index is 1.72. The van der Waals surface area contributed by atoms with Crippen LogP contribution < -0.4 is 9.47 Å². The number of benzene rings is 2. The fourth-order valence-electron chi connectivity index (χ4n) is 1.91. The van der Waals surface area contributed by atoms with Gasteiger partial charge in [-0.1, -0.05) is 17.7 Å². The normalized spacial score (nSPS) is 12.3. The van der Waals surface area contributed by atoms with Gasteiger partial charge >= 0.3 is 5.97 Å². The summed E-state index contributed by atoms with van der Waals surface area (Å²) < 4.78 is 29.0. The zero-order chi connectivity index (χ0) is 14.8. The monoisotopic (exact) mass is 308 g/mol. The van der Waals surface area contributed by atoms with Gasteiger partial charge in [0.05, 0.1) is 10.6 Å². The summed E-state index contributed by atoms with van der Waals surface area (Å²) in [6.07, 6.45) is 0. The van der Waals surface area contributed by atoms with Crippen LogP contribution in [0.4, 0.5) is 4.39 Å². The number of fused-ring (bicyclic) bond motifs is 1. The molecule has 0 amide bonds. The fraction of sp³-hybridized carbons (Fsp3) is 0.133. The molecule has 0 aromatic heterocycles. The van der Waals surface area contributed by atoms with Crippen LogP contribution in [0.2, 0.25) is 5.02 Å². The average Bonchev–Trinajstić information content (AvgIpc) is 2.93. The zero-order valence-corrected chi connectivity index (χ0v) is 11.5. The molecular formula is C15H10ClFO4. The van der Waals surface area contributed by atoms with Crippen LogP contribution in [0.5, 0.6) is 11.5 Å². The van der Waals surface area contributed by atoms with Crippen LogP contribution in [-0.4, -0.2) is 12.8 Å². The van der Waals surface area contributed by atoms with Gasteiger partial charge in [0.15, 0.2) is 11.5 Å². The van der Waals surface area contributed by atoms with Crippen molar-refractivity contribution in [1.82, 2.24) is 0 Å². The van der Waals surface area contributed by atoms with Crippen molar-refractivity contribution < 1.29 is 23.4 Å². The third kappa shape index (κ3) is 2.78. The molecule has 0 bridgehead atoms. The molecular weight excluding hydrogens is 299 g/mol. The summed E-state index contributed by atoms with van der Waals surface area (Å²) in [6, 6.07) is 8.98. The van der Waals surface area contributed by atoms with Crippen LogP contribution in [0, 0.1) is 5.82 Å². The van der Waals surface area contributed by atoms with E-state index < -0.39 is 11.8 Å². The lowest BCUT2D eigenvalue weighted by molar-refractivity contribution is 0.0468. The largest absolute Gasteiger partial charge is 0.457 e. The number of hydrogen-bond donors (Lipinski definition) is 0. The van der Waals surface area contributed by atoms with E-state index in [4.69, 9.17) is 25.8 Å². The zero-order valence-electron chi connectivity index (χ0n) is 10.8. The molecule has 1 heterocycles. The van der Waals surface area contributed by atoms with Gasteiger partial charge in [-0.05, 0) is 30.3 Å². The van der Waals surface area contributed by atoms with Crippen molar-refractivity contribution in [3.8, 4) is 11.5 Å². The quantitative estimate of drug-likeness (QED) is 0.813. The predicted molar refractivity (Wildman–Crippen MR) is 73.1 cm³/mol. The van der Waals surface area contributed by atoms with E-state index in [1.807, 2.05) is 0 Å². The highest BCUT2D eigenvalue weighted by Crippen LogP contribution is 2.32. The second-order valence-corrected chi connectivity index (χ2v) is 4.75. The number of carbonyl (C=O) groups is 1. The predicted octanol–water partition coefficient (Wildman–Crippen LogP) is 3.56. The average molecular weight is 309 g/mol. The van der Waals surface area contributed by atoms with Crippen molar-refractivity contribution >= 4 is 17.6 Å². The SMILES string of the molecule is O=C(OCc1c(F)cccc1Cl)c1ccc2c(c1)OCO2. The lowest BCUT2D eigenvalue weighted by atomic mass is 10.2. The highest BCUT2D eigenvalue weighted by atomic mass is 35.5. The Kier molecular flexibility index (Phi) is 3.66. The molecule has 1 aliphatic heterocycles. The van der Waals surface area contributed by atoms with Crippen LogP contribution in [-0.2, 0) is 11.3 Å². The van der Waals surface area contributed by atoms with E-state index in [1.54, 1.807) is 12.1 Å². The molecule has 0 N–H and O–H groups in total. The molecule has 0 aliphatic carbocycles. The van der Waals surface area contributed by atoms with E-state index in [-0.39, 0.29) is 24.0 Å². The lowest BCUT2D eigenvalue weighted by Gasteiger charge is -2.08. The number of halogens is 2. The minimum atomic E-state index is -0.590. The van der Waals surface area contributed by atoms with Crippen molar-refractivity contribution in [1.29, 1.82) is 0 Å². The minimum Gasteiger partial charge on any atom is -0.457 e. The summed E-state index contributed by atoms with van der Waals surface area (Å²) in [7, 11) is 0. The molecule has 3 rings (SSSR count). The molecule has 0 spiro atoms. The van der Waals surface area contributed by atoms with Crippen LogP contribution in [0.25, 0.3) is 0 Å². The highest BCUT2D eigenvalue weighted by molar-refractivity contribution is 6.31. The summed E-state index contributed by atoms with van der Waals surface area (Å²) in [6.45, 7) is -0.114. The Labute approximate surface area is 125 Å². The van der Waals surface area contributed by atoms with Gasteiger partial charge in [0.2, 0.25) is 6.79 Å². The third-order valence-electron chi connectivity index (χ3n) is 3.02. The highest BCUT2D eigenvalue weighted by Gasteiger charge is 2.17. The van der Waals surface area contributed by atoms with Crippen LogP contribution in [0.1, 0.15) is 15.9 Å². The lowest BCUT2D eigenvalue weighted by Crippen LogP contribution is -2.06. The Morgan fingerprint density at radius 2 is 2.05 bits per heavy atom. The number of esters is 1. The molecule has 6 heteroatoms. The van der Waals surface area contributed by atoms with Gasteiger partial charge in [0.25, 0.3) is 0 Å². The smallest absolute Gasteiger partial charge is 0.338 e. The maximum Gasteiger partial charge on any atom is 0.338 e. The topological polar surface area (TPSA) is 44.8 Å². The summed E-state index contributed by atoms with van der Waals surface area (Å²) in [5, 5.41) is 0.216. The molecule has 0 atom stereocenters. The van der Waals surface area contributed by atoms with Gasteiger partial charge in [0, 0.05) is 5.56 Å². The summed E-state index contributed by atoms with van der Waals surface area (Å²) in [4.78, 5) is 12.0. The first-order valence-corrected chi connectivity index (χ1v) is 6.52. The number of carbonyl (C=O) groups excluding carboxylic acids is 1. The van der Waals surface area contributed by atoms with Crippen molar-refractivity contribution in [2.24, 2.45) is 0 Å². The van der Waals surface area contributed by atoms with Crippen molar-refractivity contribution in [2.75, 3.05) is 6.79 Å². The van der Waals surface area contributed by atoms with E-state index in [0.29, 0.717) is 17.1 Å². The summed E-state index contributed by atoms with van der Waals surface area (Å²) in [5.41, 5.74) is 0.444. The summed E-state index contributed by atoms with van der Waals surface area (Å²) in [5.74, 6) is -0.0503. The first kappa shape index (κ1) is 13.7. The van der Waals surface area contributed by atoms with Gasteiger partial charge < -0.3 is 14.2 Å². The van der Waals surface area contributed by atoms with Crippen LogP contribution >= 0.6 is 11.6 Å². The van der Waals surface area contributed by atoms with Gasteiger partial charge in [-0.2, -0.15) is 0 Å². The second kappa shape index (κ2) is 5.61. The Bertz CT molecular complexity index is 682. The first-order chi connectivity index (χ1) is 10.1. The molecule has 1 aliphatic rings. The Morgan fingerprint density at radius 1 is 1.24 bits per heavy atom. The fourth-order valence-corrected chi connectivity index (χ4v) is 2.13. The molecule has 2 aromatic rings. The van der Waals surface area contributed by atoms with E-state index >= 15 is 0 Å². The van der Waals surface area contributed by atoms with Crippen molar-refractivity contribution in [3.05, 3.63) is 58.4 Å². The third-order valence-corrected chi connectivity index (χ3v) is 3.37. The van der Waals surface area contributed by atoms with Gasteiger partial charge in [-0.25, -0.2) is 9.18 Å². The molecule has 108 valence electrons. The Hall–Kier alpha value is -2.27. The Morgan fingerprint density at radius 3 is 2.86 bits per heavy atom. The van der Waals surface area contributed by atoms with Crippen LogP contribution in [0.15, 0.2) is 36.4 Å². The van der Waals surface area contributed by atoms with E-state index in [0.717, 1.165) is 0 Å². The molecule has 0 radical (unpaired) electrons. The molecule has 2 aromatic carbocycles. The minimum absolute atomic E-state index is 0.124. The van der Waals surface area contributed by atoms with E-state index in [2.05, 4.69) is 0 Å². The number of rotatable bonds is 3. The molecule has 0 saturated carbocycles. The molecule has 0 fully saturated rings. The number of ether oxygens (including phenoxy) is 3. The van der Waals surface area contributed by atoms with Crippen LogP contribution in [0.3, 0.4) is 0 Å². The molecule has 0 saturated heterocycles. The van der Waals surface area contributed by atoms with Gasteiger partial charge in [0.1, 0.15) is 12.4 Å². The van der Waals surface area contributed by atoms with E-state index in [1.165, 1.54) is 24.3 Å². The maximum absolute atomic E-state index is 13.6. The maximum atomic E-state index is 13.6. The molecule has 4 nitrogen and oxygen atoms in total. The van der Waals surface area contributed by atoms with Crippen molar-refractivity contribution in [2.45, 2.75) is 6.61 Å². The van der Waals surface area contributed by atoms with E-state index in [9.17, 15) is 9.18 Å². The number of hydrogen-bond acceptors (Lipinski definition) is 4. The van der Waals surface area contributed by atoms with Gasteiger partial charge in [-0.15, -0.1) is 0 Å². The first-order valence-electron chi connectivity index (χ1n) is 6.15. The molecule has 21 heavy (non-hydrogen) atoms. The molecule has 0 unspecified atom stereocenters. The van der Waals surface area contributed by atoms with Crippen molar-refractivity contribution in [3.63, 3.8) is 0 Å². The second-order valence-electron chi connectivity index (χ2n) is 4.34.